The molecule has 1 aliphatic heterocycles. The summed E-state index contributed by atoms with van der Waals surface area (Å²) in [6.45, 7) is 3.50. The zero-order valence-corrected chi connectivity index (χ0v) is 16.5. The first-order chi connectivity index (χ1) is 13.4. The highest BCUT2D eigenvalue weighted by Gasteiger charge is 2.43. The minimum Gasteiger partial charge on any atom is -0.348 e. The van der Waals surface area contributed by atoms with Crippen LogP contribution in [0.2, 0.25) is 0 Å². The molecule has 0 saturated heterocycles. The Morgan fingerprint density at radius 3 is 2.50 bits per heavy atom. The van der Waals surface area contributed by atoms with E-state index in [1.165, 1.54) is 0 Å². The molecular weight excluding hydrogens is 352 g/mol. The lowest BCUT2D eigenvalue weighted by molar-refractivity contribution is -0.130. The number of carbonyl (C=O) groups excluding carboxylic acids is 2. The van der Waals surface area contributed by atoms with Crippen LogP contribution in [0.3, 0.4) is 0 Å². The summed E-state index contributed by atoms with van der Waals surface area (Å²) in [5.41, 5.74) is 8.78. The average Bonchev–Trinajstić information content (AvgIpc) is 2.84. The van der Waals surface area contributed by atoms with Crippen molar-refractivity contribution in [2.24, 2.45) is 10.7 Å². The Balaban J connectivity index is 2.06. The topological polar surface area (TPSA) is 87.8 Å². The Bertz CT molecular complexity index is 910. The molecule has 2 unspecified atom stereocenters. The van der Waals surface area contributed by atoms with Crippen LogP contribution in [0.25, 0.3) is 0 Å². The number of nitrogens with zero attached hydrogens (tertiary/aromatic N) is 2. The number of para-hydroxylation sites is 1. The van der Waals surface area contributed by atoms with Gasteiger partial charge in [0, 0.05) is 30.3 Å². The van der Waals surface area contributed by atoms with Gasteiger partial charge in [0.2, 0.25) is 5.91 Å². The van der Waals surface area contributed by atoms with Crippen molar-refractivity contribution in [3.63, 3.8) is 0 Å². The van der Waals surface area contributed by atoms with Crippen molar-refractivity contribution in [1.82, 2.24) is 5.32 Å². The summed E-state index contributed by atoms with van der Waals surface area (Å²) in [6.07, 6.45) is 0.310. The summed E-state index contributed by atoms with van der Waals surface area (Å²) in [7, 11) is 1.80. The highest BCUT2D eigenvalue weighted by atomic mass is 16.2. The van der Waals surface area contributed by atoms with Gasteiger partial charge in [0.05, 0.1) is 18.3 Å². The highest BCUT2D eigenvalue weighted by molar-refractivity contribution is 6.17. The monoisotopic (exact) mass is 378 g/mol. The quantitative estimate of drug-likeness (QED) is 0.834. The van der Waals surface area contributed by atoms with Crippen LogP contribution < -0.4 is 16.0 Å². The zero-order valence-electron chi connectivity index (χ0n) is 16.5. The van der Waals surface area contributed by atoms with E-state index in [9.17, 15) is 9.59 Å². The number of aliphatic imine (C=N–C) groups is 1. The minimum absolute atomic E-state index is 0.0908. The van der Waals surface area contributed by atoms with E-state index >= 15 is 0 Å². The van der Waals surface area contributed by atoms with Gasteiger partial charge in [0.1, 0.15) is 0 Å². The molecule has 6 nitrogen and oxygen atoms in total. The molecule has 0 fully saturated rings. The largest absolute Gasteiger partial charge is 0.348 e. The second-order valence-electron chi connectivity index (χ2n) is 7.04. The molecule has 146 valence electrons. The van der Waals surface area contributed by atoms with Crippen molar-refractivity contribution >= 4 is 23.1 Å². The fourth-order valence-electron chi connectivity index (χ4n) is 3.44. The molecule has 0 aliphatic carbocycles. The summed E-state index contributed by atoms with van der Waals surface area (Å²) in [6, 6.07) is 16.9. The molecule has 0 radical (unpaired) electrons. The maximum Gasteiger partial charge on any atom is 0.220 e. The summed E-state index contributed by atoms with van der Waals surface area (Å²) in [5, 5.41) is 2.72. The summed E-state index contributed by atoms with van der Waals surface area (Å²) < 4.78 is 0. The Morgan fingerprint density at radius 2 is 1.82 bits per heavy atom. The number of ketones is 1. The van der Waals surface area contributed by atoms with Gasteiger partial charge in [-0.3, -0.25) is 14.6 Å². The number of nitrogens with two attached hydrogens (primary N) is 1. The molecule has 2 atom stereocenters. The molecule has 2 aromatic rings. The molecule has 1 aliphatic rings. The van der Waals surface area contributed by atoms with Gasteiger partial charge >= 0.3 is 0 Å². The van der Waals surface area contributed by atoms with Crippen LogP contribution in [0.1, 0.15) is 31.4 Å². The molecule has 3 N–H and O–H groups in total. The first-order valence-corrected chi connectivity index (χ1v) is 9.44. The second kappa shape index (κ2) is 7.94. The average molecular weight is 378 g/mol. The lowest BCUT2D eigenvalue weighted by atomic mass is 9.96. The Hall–Kier alpha value is -2.99. The van der Waals surface area contributed by atoms with Gasteiger partial charge in [-0.2, -0.15) is 0 Å². The lowest BCUT2D eigenvalue weighted by Crippen LogP contribution is -2.66. The standard InChI is InChI=1S/C22H26N4O2/c1-4-19(27)25-15(2)21(28)22(23)14-24-20(16-10-6-5-7-11-16)17-12-8-9-13-18(17)26(22)3/h5-13,15H,4,14,23H2,1-3H3,(H,25,27). The Labute approximate surface area is 165 Å². The van der Waals surface area contributed by atoms with Gasteiger partial charge in [-0.1, -0.05) is 55.5 Å². The number of likely N-dealkylation sites (N-methyl/N-ethyl adjacent to an activating group) is 1. The van der Waals surface area contributed by atoms with Crippen LogP contribution in [0.15, 0.2) is 59.6 Å². The molecule has 28 heavy (non-hydrogen) atoms. The van der Waals surface area contributed by atoms with Crippen LogP contribution in [-0.4, -0.2) is 42.7 Å². The molecule has 1 amide bonds. The molecule has 0 aromatic heterocycles. The van der Waals surface area contributed by atoms with Crippen LogP contribution in [-0.2, 0) is 9.59 Å². The van der Waals surface area contributed by atoms with Crippen molar-refractivity contribution in [3.8, 4) is 0 Å². The molecular formula is C22H26N4O2. The van der Waals surface area contributed by atoms with Crippen molar-refractivity contribution in [1.29, 1.82) is 0 Å². The maximum absolute atomic E-state index is 13.2. The molecule has 0 spiro atoms. The van der Waals surface area contributed by atoms with Crippen LogP contribution in [0.4, 0.5) is 5.69 Å². The van der Waals surface area contributed by atoms with Crippen molar-refractivity contribution in [3.05, 3.63) is 65.7 Å². The zero-order chi connectivity index (χ0) is 20.3. The van der Waals surface area contributed by atoms with E-state index in [4.69, 9.17) is 10.7 Å². The molecule has 0 bridgehead atoms. The van der Waals surface area contributed by atoms with Gasteiger partial charge in [-0.25, -0.2) is 0 Å². The van der Waals surface area contributed by atoms with E-state index in [-0.39, 0.29) is 18.2 Å². The predicted molar refractivity (Wildman–Crippen MR) is 112 cm³/mol. The summed E-state index contributed by atoms with van der Waals surface area (Å²) in [5.74, 6) is -0.459. The van der Waals surface area contributed by atoms with Gasteiger partial charge in [-0.05, 0) is 13.0 Å². The van der Waals surface area contributed by atoms with Crippen molar-refractivity contribution in [2.75, 3.05) is 18.5 Å². The number of hydrogen-bond acceptors (Lipinski definition) is 5. The predicted octanol–water partition coefficient (Wildman–Crippen LogP) is 2.11. The highest BCUT2D eigenvalue weighted by Crippen LogP contribution is 2.31. The van der Waals surface area contributed by atoms with Crippen molar-refractivity contribution in [2.45, 2.75) is 32.0 Å². The third-order valence-electron chi connectivity index (χ3n) is 5.16. The normalized spacial score (nSPS) is 19.9. The SMILES string of the molecule is CCC(=O)NC(C)C(=O)C1(N)CN=C(c2ccccc2)c2ccccc2N1C. The van der Waals surface area contributed by atoms with E-state index in [1.807, 2.05) is 54.6 Å². The Kier molecular flexibility index (Phi) is 5.61. The number of rotatable bonds is 5. The van der Waals surface area contributed by atoms with Gasteiger partial charge < -0.3 is 16.0 Å². The molecule has 1 heterocycles. The van der Waals surface area contributed by atoms with E-state index in [1.54, 1.807) is 25.8 Å². The smallest absolute Gasteiger partial charge is 0.220 e. The third-order valence-corrected chi connectivity index (χ3v) is 5.16. The van der Waals surface area contributed by atoms with Crippen LogP contribution in [0, 0.1) is 0 Å². The van der Waals surface area contributed by atoms with Gasteiger partial charge in [0.15, 0.2) is 11.4 Å². The number of hydrogen-bond donors (Lipinski definition) is 2. The Morgan fingerprint density at radius 1 is 1.18 bits per heavy atom. The van der Waals surface area contributed by atoms with Gasteiger partial charge in [-0.15, -0.1) is 0 Å². The molecule has 3 rings (SSSR count). The summed E-state index contributed by atoms with van der Waals surface area (Å²) in [4.78, 5) is 31.5. The lowest BCUT2D eigenvalue weighted by Gasteiger charge is -2.38. The number of fused-ring (bicyclic) bond motifs is 1. The van der Waals surface area contributed by atoms with E-state index in [2.05, 4.69) is 5.32 Å². The molecule has 0 saturated carbocycles. The first kappa shape index (κ1) is 19.8. The number of carbonyl (C=O) groups is 2. The first-order valence-electron chi connectivity index (χ1n) is 9.44. The second-order valence-corrected chi connectivity index (χ2v) is 7.04. The van der Waals surface area contributed by atoms with E-state index < -0.39 is 11.7 Å². The number of nitrogens with one attached hydrogen (secondary N) is 1. The molecule has 6 heteroatoms. The number of amides is 1. The number of anilines is 1. The number of benzene rings is 2. The van der Waals surface area contributed by atoms with Gasteiger partial charge in [0.25, 0.3) is 0 Å². The van der Waals surface area contributed by atoms with Crippen LogP contribution >= 0.6 is 0 Å². The minimum atomic E-state index is -1.37. The van der Waals surface area contributed by atoms with Crippen LogP contribution in [0.5, 0.6) is 0 Å². The fourth-order valence-corrected chi connectivity index (χ4v) is 3.44. The third kappa shape index (κ3) is 3.55. The maximum atomic E-state index is 13.2. The molecule has 2 aromatic carbocycles. The number of benzodiazepines with no additional fused rings is 1. The fraction of sp³-hybridized carbons (Fsp3) is 0.318. The van der Waals surface area contributed by atoms with E-state index in [0.717, 1.165) is 22.5 Å². The number of Topliss-reactive ketones (excluding diaryl/α,β-unsaturated/α-hetero) is 1. The summed E-state index contributed by atoms with van der Waals surface area (Å²) >= 11 is 0. The van der Waals surface area contributed by atoms with E-state index in [0.29, 0.717) is 6.42 Å². The van der Waals surface area contributed by atoms with Crippen molar-refractivity contribution < 1.29 is 9.59 Å².